The molecule has 1 fully saturated rings. The van der Waals surface area contributed by atoms with E-state index in [1.807, 2.05) is 11.3 Å². The average molecular weight is 238 g/mol. The number of rotatable bonds is 6. The van der Waals surface area contributed by atoms with Crippen LogP contribution in [0.25, 0.3) is 0 Å². The van der Waals surface area contributed by atoms with Crippen LogP contribution in [-0.2, 0) is 6.42 Å². The van der Waals surface area contributed by atoms with E-state index >= 15 is 0 Å². The molecule has 0 amide bonds. The summed E-state index contributed by atoms with van der Waals surface area (Å²) in [7, 11) is 2.20. The maximum atomic E-state index is 6.22. The van der Waals surface area contributed by atoms with Crippen LogP contribution in [0.1, 0.15) is 30.6 Å². The van der Waals surface area contributed by atoms with Crippen molar-refractivity contribution in [3.63, 3.8) is 0 Å². The van der Waals surface area contributed by atoms with Gasteiger partial charge in [0.25, 0.3) is 0 Å². The molecule has 1 aliphatic carbocycles. The summed E-state index contributed by atoms with van der Waals surface area (Å²) in [5.41, 5.74) is 6.40. The lowest BCUT2D eigenvalue weighted by atomic mass is 9.75. The molecule has 3 heteroatoms. The fraction of sp³-hybridized carbons (Fsp3) is 0.692. The average Bonchev–Trinajstić information content (AvgIpc) is 2.73. The highest BCUT2D eigenvalue weighted by Gasteiger charge is 2.31. The third-order valence-electron chi connectivity index (χ3n) is 3.66. The van der Waals surface area contributed by atoms with Crippen LogP contribution in [-0.4, -0.2) is 30.6 Å². The van der Waals surface area contributed by atoms with E-state index < -0.39 is 0 Å². The van der Waals surface area contributed by atoms with Gasteiger partial charge in [-0.1, -0.05) is 6.07 Å². The minimum absolute atomic E-state index is 0.178. The lowest BCUT2D eigenvalue weighted by Crippen LogP contribution is -2.48. The molecule has 90 valence electrons. The SMILES string of the molecule is CN(CCc1cccs1)CCC1(N)CCC1. The molecule has 2 N–H and O–H groups in total. The van der Waals surface area contributed by atoms with E-state index in [0.29, 0.717) is 0 Å². The molecular weight excluding hydrogens is 216 g/mol. The second kappa shape index (κ2) is 5.30. The number of nitrogens with two attached hydrogens (primary N) is 1. The van der Waals surface area contributed by atoms with Gasteiger partial charge in [-0.15, -0.1) is 11.3 Å². The Balaban J connectivity index is 1.62. The first-order valence-corrected chi connectivity index (χ1v) is 7.06. The van der Waals surface area contributed by atoms with E-state index in [1.165, 1.54) is 30.6 Å². The van der Waals surface area contributed by atoms with Crippen molar-refractivity contribution in [2.75, 3.05) is 20.1 Å². The molecule has 1 aromatic rings. The van der Waals surface area contributed by atoms with Crippen molar-refractivity contribution in [2.24, 2.45) is 5.73 Å². The summed E-state index contributed by atoms with van der Waals surface area (Å²) >= 11 is 1.85. The van der Waals surface area contributed by atoms with Crippen LogP contribution >= 0.6 is 11.3 Å². The summed E-state index contributed by atoms with van der Waals surface area (Å²) in [6, 6.07) is 4.35. The van der Waals surface area contributed by atoms with Gasteiger partial charge in [0, 0.05) is 17.0 Å². The molecule has 0 aliphatic heterocycles. The Morgan fingerprint density at radius 3 is 2.81 bits per heavy atom. The topological polar surface area (TPSA) is 29.3 Å². The molecule has 0 unspecified atom stereocenters. The molecule has 16 heavy (non-hydrogen) atoms. The number of nitrogens with zero attached hydrogens (tertiary/aromatic N) is 1. The Labute approximate surface area is 102 Å². The number of hydrogen-bond donors (Lipinski definition) is 1. The van der Waals surface area contributed by atoms with Gasteiger partial charge in [-0.05, 0) is 57.1 Å². The van der Waals surface area contributed by atoms with Crippen molar-refractivity contribution in [3.05, 3.63) is 22.4 Å². The molecule has 1 heterocycles. The molecule has 1 aromatic heterocycles. The predicted molar refractivity (Wildman–Crippen MR) is 70.9 cm³/mol. The Morgan fingerprint density at radius 1 is 1.44 bits per heavy atom. The molecule has 0 atom stereocenters. The lowest BCUT2D eigenvalue weighted by molar-refractivity contribution is 0.197. The van der Waals surface area contributed by atoms with Gasteiger partial charge in [0.15, 0.2) is 0 Å². The van der Waals surface area contributed by atoms with Gasteiger partial charge in [-0.3, -0.25) is 0 Å². The zero-order chi connectivity index (χ0) is 11.4. The molecule has 0 bridgehead atoms. The summed E-state index contributed by atoms with van der Waals surface area (Å²) < 4.78 is 0. The minimum Gasteiger partial charge on any atom is -0.325 e. The lowest BCUT2D eigenvalue weighted by Gasteiger charge is -2.39. The van der Waals surface area contributed by atoms with Gasteiger partial charge in [0.1, 0.15) is 0 Å². The molecule has 1 saturated carbocycles. The summed E-state index contributed by atoms with van der Waals surface area (Å²) in [4.78, 5) is 3.89. The van der Waals surface area contributed by atoms with Crippen LogP contribution in [0.5, 0.6) is 0 Å². The molecule has 0 aromatic carbocycles. The van der Waals surface area contributed by atoms with E-state index in [2.05, 4.69) is 29.5 Å². The van der Waals surface area contributed by atoms with Crippen molar-refractivity contribution in [1.82, 2.24) is 4.90 Å². The second-order valence-corrected chi connectivity index (χ2v) is 6.13. The molecule has 2 rings (SSSR count). The second-order valence-electron chi connectivity index (χ2n) is 5.10. The van der Waals surface area contributed by atoms with Crippen molar-refractivity contribution >= 4 is 11.3 Å². The Kier molecular flexibility index (Phi) is 4.00. The van der Waals surface area contributed by atoms with Crippen LogP contribution in [0.15, 0.2) is 17.5 Å². The third-order valence-corrected chi connectivity index (χ3v) is 4.60. The number of hydrogen-bond acceptors (Lipinski definition) is 3. The van der Waals surface area contributed by atoms with E-state index in [-0.39, 0.29) is 5.54 Å². The van der Waals surface area contributed by atoms with Crippen LogP contribution in [0.4, 0.5) is 0 Å². The summed E-state index contributed by atoms with van der Waals surface area (Å²) in [6.07, 6.45) is 6.12. The fourth-order valence-corrected chi connectivity index (χ4v) is 2.86. The highest BCUT2D eigenvalue weighted by Crippen LogP contribution is 2.32. The van der Waals surface area contributed by atoms with Crippen molar-refractivity contribution in [2.45, 2.75) is 37.6 Å². The molecular formula is C13H22N2S. The molecule has 0 saturated heterocycles. The van der Waals surface area contributed by atoms with Crippen LogP contribution in [0.3, 0.4) is 0 Å². The first-order valence-electron chi connectivity index (χ1n) is 6.18. The highest BCUT2D eigenvalue weighted by molar-refractivity contribution is 7.09. The quantitative estimate of drug-likeness (QED) is 0.825. The number of likely N-dealkylation sites (N-methyl/N-ethyl adjacent to an activating group) is 1. The largest absolute Gasteiger partial charge is 0.325 e. The van der Waals surface area contributed by atoms with Gasteiger partial charge >= 0.3 is 0 Å². The van der Waals surface area contributed by atoms with E-state index in [9.17, 15) is 0 Å². The van der Waals surface area contributed by atoms with Crippen LogP contribution < -0.4 is 5.73 Å². The van der Waals surface area contributed by atoms with Crippen molar-refractivity contribution in [3.8, 4) is 0 Å². The maximum Gasteiger partial charge on any atom is 0.0166 e. The van der Waals surface area contributed by atoms with Gasteiger partial charge in [0.2, 0.25) is 0 Å². The Hall–Kier alpha value is -0.380. The summed E-state index contributed by atoms with van der Waals surface area (Å²) in [5, 5.41) is 2.15. The monoisotopic (exact) mass is 238 g/mol. The Morgan fingerprint density at radius 2 is 2.25 bits per heavy atom. The first-order chi connectivity index (χ1) is 7.68. The van der Waals surface area contributed by atoms with E-state index in [4.69, 9.17) is 5.73 Å². The van der Waals surface area contributed by atoms with Crippen LogP contribution in [0, 0.1) is 0 Å². The minimum atomic E-state index is 0.178. The summed E-state index contributed by atoms with van der Waals surface area (Å²) in [5.74, 6) is 0. The first kappa shape index (κ1) is 12.1. The standard InChI is InChI=1S/C13H22N2S/c1-15(9-5-12-4-2-11-16-12)10-8-13(14)6-3-7-13/h2,4,11H,3,5-10,14H2,1H3. The summed E-state index contributed by atoms with van der Waals surface area (Å²) in [6.45, 7) is 2.29. The van der Waals surface area contributed by atoms with E-state index in [1.54, 1.807) is 0 Å². The highest BCUT2D eigenvalue weighted by atomic mass is 32.1. The van der Waals surface area contributed by atoms with Gasteiger partial charge in [-0.2, -0.15) is 0 Å². The van der Waals surface area contributed by atoms with E-state index in [0.717, 1.165) is 19.5 Å². The van der Waals surface area contributed by atoms with Crippen molar-refractivity contribution < 1.29 is 0 Å². The number of thiophene rings is 1. The van der Waals surface area contributed by atoms with Crippen molar-refractivity contribution in [1.29, 1.82) is 0 Å². The third kappa shape index (κ3) is 3.30. The molecule has 2 nitrogen and oxygen atoms in total. The van der Waals surface area contributed by atoms with Gasteiger partial charge < -0.3 is 10.6 Å². The maximum absolute atomic E-state index is 6.22. The molecule has 0 spiro atoms. The molecule has 1 aliphatic rings. The van der Waals surface area contributed by atoms with Crippen LogP contribution in [0.2, 0.25) is 0 Å². The fourth-order valence-electron chi connectivity index (χ4n) is 2.16. The smallest absolute Gasteiger partial charge is 0.0166 e. The molecule has 0 radical (unpaired) electrons. The zero-order valence-electron chi connectivity index (χ0n) is 10.1. The zero-order valence-corrected chi connectivity index (χ0v) is 10.9. The van der Waals surface area contributed by atoms with Gasteiger partial charge in [-0.25, -0.2) is 0 Å². The normalized spacial score (nSPS) is 18.7. The van der Waals surface area contributed by atoms with Gasteiger partial charge in [0.05, 0.1) is 0 Å². The Bertz CT molecular complexity index is 304. The predicted octanol–water partition coefficient (Wildman–Crippen LogP) is 2.49.